The quantitative estimate of drug-likeness (QED) is 0.0646. The molecule has 0 aliphatic carbocycles. The Bertz CT molecular complexity index is 393. The summed E-state index contributed by atoms with van der Waals surface area (Å²) in [6.45, 7) is 4.91. The molecule has 0 unspecified atom stereocenters. The average Bonchev–Trinajstić information content (AvgIpc) is 2.77. The Morgan fingerprint density at radius 3 is 1.71 bits per heavy atom. The molecule has 0 aliphatic heterocycles. The lowest BCUT2D eigenvalue weighted by Gasteiger charge is -2.06. The molecule has 0 radical (unpaired) electrons. The van der Waals surface area contributed by atoms with Crippen LogP contribution in [0.4, 0.5) is 0 Å². The summed E-state index contributed by atoms with van der Waals surface area (Å²) in [5, 5.41) is 3.26. The Labute approximate surface area is 195 Å². The van der Waals surface area contributed by atoms with Crippen molar-refractivity contribution in [3.8, 4) is 0 Å². The second-order valence-electron chi connectivity index (χ2n) is 9.04. The number of aliphatic imine (C=N–C) groups is 1. The molecule has 0 heterocycles. The van der Waals surface area contributed by atoms with Gasteiger partial charge < -0.3 is 16.8 Å². The average molecular weight is 437 g/mol. The molecule has 0 atom stereocenters. The summed E-state index contributed by atoms with van der Waals surface area (Å²) in [5.74, 6) is 0.621. The van der Waals surface area contributed by atoms with Gasteiger partial charge in [-0.25, -0.2) is 0 Å². The van der Waals surface area contributed by atoms with E-state index < -0.39 is 0 Å². The summed E-state index contributed by atoms with van der Waals surface area (Å²) in [6.07, 6.45) is 31.0. The largest absolute Gasteiger partial charge is 0.370 e. The molecule has 0 saturated heterocycles. The highest BCUT2D eigenvalue weighted by Gasteiger charge is 1.95. The fraction of sp³-hybridized carbons (Fsp3) is 0.889. The molecule has 0 fully saturated rings. The third-order valence-electron chi connectivity index (χ3n) is 5.89. The second-order valence-corrected chi connectivity index (χ2v) is 9.04. The van der Waals surface area contributed by atoms with E-state index in [9.17, 15) is 0 Å². The first-order chi connectivity index (χ1) is 15.3. The van der Waals surface area contributed by atoms with E-state index in [0.717, 1.165) is 32.5 Å². The molecule has 0 aromatic carbocycles. The number of hydrogen-bond donors (Lipinski definition) is 3. The summed E-state index contributed by atoms with van der Waals surface area (Å²) >= 11 is 0. The van der Waals surface area contributed by atoms with Crippen LogP contribution in [-0.2, 0) is 0 Å². The van der Waals surface area contributed by atoms with Crippen molar-refractivity contribution < 1.29 is 0 Å². The predicted octanol–water partition coefficient (Wildman–Crippen LogP) is 7.23. The fourth-order valence-corrected chi connectivity index (χ4v) is 3.81. The van der Waals surface area contributed by atoms with Crippen LogP contribution in [0.1, 0.15) is 135 Å². The van der Waals surface area contributed by atoms with E-state index in [2.05, 4.69) is 29.4 Å². The smallest absolute Gasteiger partial charge is 0.188 e. The van der Waals surface area contributed by atoms with Gasteiger partial charge in [0.1, 0.15) is 0 Å². The predicted molar refractivity (Wildman–Crippen MR) is 141 cm³/mol. The molecule has 0 rings (SSSR count). The van der Waals surface area contributed by atoms with E-state index in [1.54, 1.807) is 0 Å². The molecule has 0 aliphatic rings. The minimum absolute atomic E-state index is 0.621. The van der Waals surface area contributed by atoms with Gasteiger partial charge in [-0.2, -0.15) is 0 Å². The van der Waals surface area contributed by atoms with Crippen LogP contribution in [0.2, 0.25) is 0 Å². The van der Waals surface area contributed by atoms with Crippen LogP contribution in [-0.4, -0.2) is 25.6 Å². The van der Waals surface area contributed by atoms with Crippen LogP contribution in [0.5, 0.6) is 0 Å². The van der Waals surface area contributed by atoms with Crippen LogP contribution in [0, 0.1) is 0 Å². The van der Waals surface area contributed by atoms with Crippen molar-refractivity contribution in [1.82, 2.24) is 5.32 Å². The molecule has 0 aromatic rings. The molecule has 4 nitrogen and oxygen atoms in total. The highest BCUT2D eigenvalue weighted by atomic mass is 15.1. The Morgan fingerprint density at radius 2 is 1.13 bits per heavy atom. The summed E-state index contributed by atoms with van der Waals surface area (Å²) in [7, 11) is 0. The van der Waals surface area contributed by atoms with Crippen molar-refractivity contribution in [1.29, 1.82) is 0 Å². The van der Waals surface area contributed by atoms with Crippen molar-refractivity contribution in [2.24, 2.45) is 16.5 Å². The first-order valence-electron chi connectivity index (χ1n) is 13.7. The lowest BCUT2D eigenvalue weighted by molar-refractivity contribution is 0.590. The van der Waals surface area contributed by atoms with Gasteiger partial charge in [-0.3, -0.25) is 4.99 Å². The normalized spacial score (nSPS) is 12.1. The van der Waals surface area contributed by atoms with Crippen molar-refractivity contribution >= 4 is 5.96 Å². The molecule has 0 amide bonds. The van der Waals surface area contributed by atoms with Crippen molar-refractivity contribution in [2.75, 3.05) is 19.6 Å². The lowest BCUT2D eigenvalue weighted by Crippen LogP contribution is -2.32. The van der Waals surface area contributed by atoms with E-state index >= 15 is 0 Å². The van der Waals surface area contributed by atoms with Gasteiger partial charge in [0.25, 0.3) is 0 Å². The summed E-state index contributed by atoms with van der Waals surface area (Å²) in [4.78, 5) is 4.43. The van der Waals surface area contributed by atoms with E-state index in [1.807, 2.05) is 0 Å². The maximum Gasteiger partial charge on any atom is 0.188 e. The number of unbranched alkanes of at least 4 members (excludes halogenated alkanes) is 17. The number of hydrogen-bond acceptors (Lipinski definition) is 2. The molecule has 0 bridgehead atoms. The minimum Gasteiger partial charge on any atom is -0.370 e. The monoisotopic (exact) mass is 436 g/mol. The van der Waals surface area contributed by atoms with Gasteiger partial charge in [0.05, 0.1) is 0 Å². The molecular formula is C27H56N4. The summed E-state index contributed by atoms with van der Waals surface area (Å²) < 4.78 is 0. The SMILES string of the molecule is CCCCCCCC/C=C\CCCCCCCCNC(N)=NCCCCCCCCN. The Balaban J connectivity index is 3.25. The second kappa shape index (κ2) is 27.0. The Hall–Kier alpha value is -1.03. The van der Waals surface area contributed by atoms with Gasteiger partial charge >= 0.3 is 0 Å². The lowest BCUT2D eigenvalue weighted by atomic mass is 10.1. The van der Waals surface area contributed by atoms with Crippen LogP contribution < -0.4 is 16.8 Å². The van der Waals surface area contributed by atoms with E-state index in [4.69, 9.17) is 11.5 Å². The third-order valence-corrected chi connectivity index (χ3v) is 5.89. The zero-order valence-electron chi connectivity index (χ0n) is 21.0. The molecular weight excluding hydrogens is 380 g/mol. The Morgan fingerprint density at radius 1 is 0.645 bits per heavy atom. The van der Waals surface area contributed by atoms with Gasteiger partial charge in [-0.05, 0) is 51.5 Å². The summed E-state index contributed by atoms with van der Waals surface area (Å²) in [6, 6.07) is 0. The Kier molecular flexibility index (Phi) is 26.1. The minimum atomic E-state index is 0.621. The number of rotatable bonds is 24. The number of nitrogens with one attached hydrogen (secondary N) is 1. The maximum atomic E-state index is 5.94. The van der Waals surface area contributed by atoms with Gasteiger partial charge in [-0.1, -0.05) is 103 Å². The molecule has 5 N–H and O–H groups in total. The van der Waals surface area contributed by atoms with Crippen LogP contribution >= 0.6 is 0 Å². The molecule has 0 aromatic heterocycles. The number of nitrogens with zero attached hydrogens (tertiary/aromatic N) is 1. The zero-order valence-corrected chi connectivity index (χ0v) is 21.0. The third kappa shape index (κ3) is 26.9. The number of guanidine groups is 1. The molecule has 4 heteroatoms. The first-order valence-corrected chi connectivity index (χ1v) is 13.7. The van der Waals surface area contributed by atoms with Crippen molar-refractivity contribution in [2.45, 2.75) is 135 Å². The van der Waals surface area contributed by atoms with E-state index in [1.165, 1.54) is 116 Å². The zero-order chi connectivity index (χ0) is 22.7. The van der Waals surface area contributed by atoms with Crippen LogP contribution in [0.3, 0.4) is 0 Å². The highest BCUT2D eigenvalue weighted by molar-refractivity contribution is 5.77. The van der Waals surface area contributed by atoms with Crippen LogP contribution in [0.15, 0.2) is 17.1 Å². The van der Waals surface area contributed by atoms with Crippen molar-refractivity contribution in [3.63, 3.8) is 0 Å². The van der Waals surface area contributed by atoms with E-state index in [0.29, 0.717) is 5.96 Å². The highest BCUT2D eigenvalue weighted by Crippen LogP contribution is 2.10. The number of allylic oxidation sites excluding steroid dienone is 2. The maximum absolute atomic E-state index is 5.94. The van der Waals surface area contributed by atoms with Gasteiger partial charge in [0.15, 0.2) is 5.96 Å². The molecule has 184 valence electrons. The van der Waals surface area contributed by atoms with Gasteiger partial charge in [0.2, 0.25) is 0 Å². The molecule has 0 saturated carbocycles. The van der Waals surface area contributed by atoms with Crippen molar-refractivity contribution in [3.05, 3.63) is 12.2 Å². The van der Waals surface area contributed by atoms with Crippen LogP contribution in [0.25, 0.3) is 0 Å². The summed E-state index contributed by atoms with van der Waals surface area (Å²) in [5.41, 5.74) is 11.4. The topological polar surface area (TPSA) is 76.4 Å². The standard InChI is InChI=1S/C27H56N4/c1-2-3-4-5-6-7-8-9-10-11-12-13-14-16-19-22-25-30-27(29)31-26-23-20-17-15-18-21-24-28/h9-10H,2-8,11-26,28H2,1H3,(H3,29,30,31)/b10-9-. The number of nitrogens with two attached hydrogens (primary N) is 2. The first kappa shape index (κ1) is 30.0. The van der Waals surface area contributed by atoms with E-state index in [-0.39, 0.29) is 0 Å². The van der Waals surface area contributed by atoms with Gasteiger partial charge in [-0.15, -0.1) is 0 Å². The fourth-order valence-electron chi connectivity index (χ4n) is 3.81. The van der Waals surface area contributed by atoms with Gasteiger partial charge in [0, 0.05) is 13.1 Å². The molecule has 0 spiro atoms. The molecule has 31 heavy (non-hydrogen) atoms.